The van der Waals surface area contributed by atoms with Crippen molar-refractivity contribution in [3.05, 3.63) is 59.0 Å². The van der Waals surface area contributed by atoms with E-state index in [1.165, 1.54) is 12.8 Å². The molecule has 2 fully saturated rings. The molecule has 2 saturated heterocycles. The number of para-hydroxylation sites is 1. The summed E-state index contributed by atoms with van der Waals surface area (Å²) in [6.45, 7) is 7.59. The van der Waals surface area contributed by atoms with Crippen LogP contribution in [0.5, 0.6) is 0 Å². The number of hydrogen-bond donors (Lipinski definition) is 0. The van der Waals surface area contributed by atoms with E-state index >= 15 is 0 Å². The van der Waals surface area contributed by atoms with Crippen molar-refractivity contribution < 1.29 is 9.53 Å². The number of piperidine rings is 1. The minimum absolute atomic E-state index is 0.135. The highest BCUT2D eigenvalue weighted by atomic mass is 35.5. The molecule has 2 aliphatic rings. The Balaban J connectivity index is 1.34. The van der Waals surface area contributed by atoms with E-state index in [9.17, 15) is 4.79 Å². The Morgan fingerprint density at radius 2 is 1.81 bits per heavy atom. The highest BCUT2D eigenvalue weighted by Gasteiger charge is 2.41. The third kappa shape index (κ3) is 5.07. The predicted molar refractivity (Wildman–Crippen MR) is 128 cm³/mol. The maximum Gasteiger partial charge on any atom is 0.161 e. The topological polar surface area (TPSA) is 34.5 Å². The first kappa shape index (κ1) is 22.2. The fourth-order valence-electron chi connectivity index (χ4n) is 5.36. The van der Waals surface area contributed by atoms with Crippen LogP contribution in [0.3, 0.4) is 0 Å². The van der Waals surface area contributed by atoms with Crippen LogP contribution >= 0.6 is 11.6 Å². The highest BCUT2D eigenvalue weighted by molar-refractivity contribution is 6.29. The molecular weight excluding hydrogens is 408 g/mol. The molecule has 2 atom stereocenters. The van der Waals surface area contributed by atoms with Crippen molar-refractivity contribution in [1.82, 2.24) is 9.47 Å². The second-order valence-electron chi connectivity index (χ2n) is 9.03. The summed E-state index contributed by atoms with van der Waals surface area (Å²) in [4.78, 5) is 14.7. The maximum absolute atomic E-state index is 12.0. The van der Waals surface area contributed by atoms with E-state index in [0.717, 1.165) is 59.6 Å². The van der Waals surface area contributed by atoms with Gasteiger partial charge in [0.15, 0.2) is 5.78 Å². The minimum atomic E-state index is 0.135. The van der Waals surface area contributed by atoms with Crippen molar-refractivity contribution in [3.63, 3.8) is 0 Å². The zero-order valence-electron chi connectivity index (χ0n) is 18.8. The Labute approximate surface area is 190 Å². The lowest BCUT2D eigenvalue weighted by molar-refractivity contribution is 0.0130. The normalized spacial score (nSPS) is 24.7. The second kappa shape index (κ2) is 9.62. The van der Waals surface area contributed by atoms with Gasteiger partial charge in [-0.1, -0.05) is 29.8 Å². The molecule has 0 aliphatic carbocycles. The summed E-state index contributed by atoms with van der Waals surface area (Å²) in [5.41, 5.74) is 1.99. The SMILES string of the molecule is CC(=O)c1cn(CCCN2C3CCC2CC(O/C(C)=C/C=C(\C)Cl)C3)c2ccccc12. The number of benzene rings is 1. The Morgan fingerprint density at radius 1 is 1.10 bits per heavy atom. The van der Waals surface area contributed by atoms with Crippen LogP contribution in [0.4, 0.5) is 0 Å². The number of carbonyl (C=O) groups is 1. The number of carbonyl (C=O) groups excluding carboxylic acids is 1. The Bertz CT molecular complexity index is 988. The lowest BCUT2D eigenvalue weighted by Crippen LogP contribution is -2.45. The van der Waals surface area contributed by atoms with Gasteiger partial charge in [-0.25, -0.2) is 0 Å². The number of fused-ring (bicyclic) bond motifs is 3. The fourth-order valence-corrected chi connectivity index (χ4v) is 5.42. The Hall–Kier alpha value is -2.04. The zero-order valence-corrected chi connectivity index (χ0v) is 19.6. The van der Waals surface area contributed by atoms with Gasteiger partial charge in [-0.15, -0.1) is 0 Å². The fraction of sp³-hybridized carbons (Fsp3) is 0.500. The number of aromatic nitrogens is 1. The third-order valence-electron chi connectivity index (χ3n) is 6.72. The van der Waals surface area contributed by atoms with Gasteiger partial charge >= 0.3 is 0 Å². The van der Waals surface area contributed by atoms with Crippen LogP contribution in [0.15, 0.2) is 53.4 Å². The second-order valence-corrected chi connectivity index (χ2v) is 9.62. The molecule has 0 spiro atoms. The number of nitrogens with zero attached hydrogens (tertiary/aromatic N) is 2. The number of aryl methyl sites for hydroxylation is 1. The molecule has 1 aromatic heterocycles. The number of ether oxygens (including phenoxy) is 1. The van der Waals surface area contributed by atoms with Crippen LogP contribution in [0, 0.1) is 0 Å². The molecule has 0 radical (unpaired) electrons. The van der Waals surface area contributed by atoms with Crippen LogP contribution in [-0.4, -0.2) is 40.0 Å². The van der Waals surface area contributed by atoms with Crippen LogP contribution in [-0.2, 0) is 11.3 Å². The van der Waals surface area contributed by atoms with E-state index in [-0.39, 0.29) is 5.78 Å². The Morgan fingerprint density at radius 3 is 2.48 bits per heavy atom. The molecule has 31 heavy (non-hydrogen) atoms. The van der Waals surface area contributed by atoms with Gasteiger partial charge in [0.05, 0.1) is 5.76 Å². The molecule has 2 aromatic rings. The van der Waals surface area contributed by atoms with Gasteiger partial charge in [0.1, 0.15) is 6.10 Å². The predicted octanol–water partition coefficient (Wildman–Crippen LogP) is 6.29. The summed E-state index contributed by atoms with van der Waals surface area (Å²) < 4.78 is 8.47. The maximum atomic E-state index is 12.0. The summed E-state index contributed by atoms with van der Waals surface area (Å²) in [6, 6.07) is 9.47. The van der Waals surface area contributed by atoms with Crippen molar-refractivity contribution in [2.24, 2.45) is 0 Å². The largest absolute Gasteiger partial charge is 0.495 e. The summed E-state index contributed by atoms with van der Waals surface area (Å²) in [5, 5.41) is 1.83. The molecule has 4 rings (SSSR count). The van der Waals surface area contributed by atoms with Crippen molar-refractivity contribution >= 4 is 28.3 Å². The van der Waals surface area contributed by atoms with E-state index in [0.29, 0.717) is 18.2 Å². The van der Waals surface area contributed by atoms with Crippen LogP contribution < -0.4 is 0 Å². The van der Waals surface area contributed by atoms with Crippen molar-refractivity contribution in [2.75, 3.05) is 6.54 Å². The molecule has 2 unspecified atom stereocenters. The lowest BCUT2D eigenvalue weighted by atomic mass is 9.99. The molecule has 1 aromatic carbocycles. The average molecular weight is 441 g/mol. The molecule has 3 heterocycles. The van der Waals surface area contributed by atoms with E-state index in [1.54, 1.807) is 6.92 Å². The highest BCUT2D eigenvalue weighted by Crippen LogP contribution is 2.37. The first-order valence-corrected chi connectivity index (χ1v) is 11.8. The molecule has 2 bridgehead atoms. The van der Waals surface area contributed by atoms with Crippen LogP contribution in [0.2, 0.25) is 0 Å². The van der Waals surface area contributed by atoms with Gasteiger partial charge in [0.2, 0.25) is 0 Å². The van der Waals surface area contributed by atoms with E-state index in [2.05, 4.69) is 21.6 Å². The van der Waals surface area contributed by atoms with Gasteiger partial charge in [-0.2, -0.15) is 0 Å². The van der Waals surface area contributed by atoms with Gasteiger partial charge in [0, 0.05) is 52.9 Å². The molecule has 0 saturated carbocycles. The van der Waals surface area contributed by atoms with Gasteiger partial charge in [-0.05, 0) is 71.1 Å². The molecule has 2 aliphatic heterocycles. The number of rotatable bonds is 8. The smallest absolute Gasteiger partial charge is 0.161 e. The molecule has 166 valence electrons. The number of Topliss-reactive ketones (excluding diaryl/α,β-unsaturated/α-hetero) is 1. The summed E-state index contributed by atoms with van der Waals surface area (Å²) in [6.07, 6.45) is 12.0. The molecule has 4 nitrogen and oxygen atoms in total. The first-order valence-electron chi connectivity index (χ1n) is 11.4. The van der Waals surface area contributed by atoms with E-state index in [1.807, 2.05) is 44.3 Å². The number of ketones is 1. The standard InChI is InChI=1S/C26H33ClN2O2/c1-18(27)9-10-19(2)31-23-15-21-11-12-22(16-23)29(21)14-6-13-28-17-25(20(3)30)24-7-4-5-8-26(24)28/h4-5,7-10,17,21-23H,6,11-16H2,1-3H3/b18-9+,19-10+. The summed E-state index contributed by atoms with van der Waals surface area (Å²) >= 11 is 5.92. The minimum Gasteiger partial charge on any atom is -0.495 e. The first-order chi connectivity index (χ1) is 14.9. The third-order valence-corrected chi connectivity index (χ3v) is 6.85. The van der Waals surface area contributed by atoms with Crippen molar-refractivity contribution in [2.45, 2.75) is 77.6 Å². The molecular formula is C26H33ClN2O2. The van der Waals surface area contributed by atoms with Crippen LogP contribution in [0.25, 0.3) is 10.9 Å². The molecule has 5 heteroatoms. The quantitative estimate of drug-likeness (QED) is 0.274. The van der Waals surface area contributed by atoms with Gasteiger partial charge < -0.3 is 9.30 Å². The van der Waals surface area contributed by atoms with E-state index < -0.39 is 0 Å². The monoisotopic (exact) mass is 440 g/mol. The number of allylic oxidation sites excluding steroid dienone is 4. The van der Waals surface area contributed by atoms with Crippen molar-refractivity contribution in [1.29, 1.82) is 0 Å². The van der Waals surface area contributed by atoms with E-state index in [4.69, 9.17) is 16.3 Å². The van der Waals surface area contributed by atoms with Gasteiger partial charge in [0.25, 0.3) is 0 Å². The molecule has 0 N–H and O–H groups in total. The zero-order chi connectivity index (χ0) is 22.0. The lowest BCUT2D eigenvalue weighted by Gasteiger charge is -2.39. The summed E-state index contributed by atoms with van der Waals surface area (Å²) in [5.74, 6) is 1.08. The van der Waals surface area contributed by atoms with Gasteiger partial charge in [-0.3, -0.25) is 9.69 Å². The average Bonchev–Trinajstić information content (AvgIpc) is 3.21. The number of halogens is 1. The summed E-state index contributed by atoms with van der Waals surface area (Å²) in [7, 11) is 0. The van der Waals surface area contributed by atoms with Crippen LogP contribution in [0.1, 0.15) is 63.2 Å². The van der Waals surface area contributed by atoms with Crippen molar-refractivity contribution in [3.8, 4) is 0 Å². The Kier molecular flexibility index (Phi) is 6.88. The molecule has 0 amide bonds. The number of hydrogen-bond acceptors (Lipinski definition) is 3.